The Hall–Kier alpha value is -1.31. The van der Waals surface area contributed by atoms with Crippen LogP contribution in [0, 0.1) is 12.8 Å². The molecule has 0 saturated carbocycles. The summed E-state index contributed by atoms with van der Waals surface area (Å²) in [5.74, 6) is 0.425. The summed E-state index contributed by atoms with van der Waals surface area (Å²) < 4.78 is 0. The number of nitrogen functional groups attached to an aromatic ring is 1. The quantitative estimate of drug-likeness (QED) is 0.607. The maximum Gasteiger partial charge on any atom is 0.166 e. The molecule has 1 atom stereocenters. The lowest BCUT2D eigenvalue weighted by atomic mass is 9.89. The van der Waals surface area contributed by atoms with Gasteiger partial charge in [0.2, 0.25) is 0 Å². The van der Waals surface area contributed by atoms with Crippen molar-refractivity contribution in [2.45, 2.75) is 40.0 Å². The van der Waals surface area contributed by atoms with Crippen LogP contribution in [0.1, 0.15) is 49.0 Å². The van der Waals surface area contributed by atoms with Crippen molar-refractivity contribution in [3.05, 3.63) is 29.3 Å². The van der Waals surface area contributed by atoms with Crippen LogP contribution in [-0.2, 0) is 0 Å². The second kappa shape index (κ2) is 5.69. The molecule has 1 aromatic rings. The average Bonchev–Trinajstić information content (AvgIpc) is 2.25. The van der Waals surface area contributed by atoms with E-state index in [1.54, 1.807) is 6.07 Å². The van der Waals surface area contributed by atoms with E-state index in [1.165, 1.54) is 0 Å². The number of ketones is 1. The smallest absolute Gasteiger partial charge is 0.166 e. The summed E-state index contributed by atoms with van der Waals surface area (Å²) in [6.07, 6.45) is 2.94. The Morgan fingerprint density at radius 2 is 2.06 bits per heavy atom. The largest absolute Gasteiger partial charge is 0.399 e. The summed E-state index contributed by atoms with van der Waals surface area (Å²) in [5.41, 5.74) is 8.22. The molecular weight excluding hydrogens is 198 g/mol. The molecule has 0 aliphatic heterocycles. The molecule has 0 aliphatic rings. The molecular formula is C14H21NO. The van der Waals surface area contributed by atoms with Crippen molar-refractivity contribution in [3.63, 3.8) is 0 Å². The lowest BCUT2D eigenvalue weighted by molar-refractivity contribution is 0.0908. The molecule has 0 heterocycles. The van der Waals surface area contributed by atoms with Crippen molar-refractivity contribution in [3.8, 4) is 0 Å². The molecule has 0 bridgehead atoms. The first kappa shape index (κ1) is 12.8. The number of benzene rings is 1. The minimum absolute atomic E-state index is 0.160. The Kier molecular flexibility index (Phi) is 4.53. The minimum Gasteiger partial charge on any atom is -0.399 e. The highest BCUT2D eigenvalue weighted by atomic mass is 16.1. The predicted octanol–water partition coefficient (Wildman–Crippen LogP) is 3.59. The number of hydrogen-bond acceptors (Lipinski definition) is 2. The van der Waals surface area contributed by atoms with Crippen LogP contribution in [0.4, 0.5) is 5.69 Å². The molecule has 16 heavy (non-hydrogen) atoms. The van der Waals surface area contributed by atoms with Gasteiger partial charge in [-0.25, -0.2) is 0 Å². The maximum absolute atomic E-state index is 12.3. The molecule has 2 N–H and O–H groups in total. The first-order valence-electron chi connectivity index (χ1n) is 6.00. The van der Waals surface area contributed by atoms with E-state index in [4.69, 9.17) is 5.73 Å². The molecule has 0 saturated heterocycles. The number of aryl methyl sites for hydroxylation is 1. The third-order valence-electron chi connectivity index (χ3n) is 3.02. The molecule has 1 aromatic carbocycles. The van der Waals surface area contributed by atoms with Gasteiger partial charge in [0.25, 0.3) is 0 Å². The second-order valence-electron chi connectivity index (χ2n) is 4.33. The van der Waals surface area contributed by atoms with Crippen molar-refractivity contribution in [2.75, 3.05) is 5.73 Å². The van der Waals surface area contributed by atoms with E-state index in [0.717, 1.165) is 36.1 Å². The fraction of sp³-hybridized carbons (Fsp3) is 0.500. The average molecular weight is 219 g/mol. The summed E-state index contributed by atoms with van der Waals surface area (Å²) in [4.78, 5) is 12.3. The summed E-state index contributed by atoms with van der Waals surface area (Å²) in [5, 5.41) is 0. The summed E-state index contributed by atoms with van der Waals surface area (Å²) >= 11 is 0. The zero-order valence-electron chi connectivity index (χ0n) is 10.4. The first-order valence-corrected chi connectivity index (χ1v) is 6.00. The van der Waals surface area contributed by atoms with Crippen molar-refractivity contribution >= 4 is 11.5 Å². The van der Waals surface area contributed by atoms with E-state index in [2.05, 4.69) is 13.8 Å². The SMILES string of the molecule is CCCC(CC)C(=O)c1ccc(N)cc1C. The zero-order chi connectivity index (χ0) is 12.1. The molecule has 0 aliphatic carbocycles. The van der Waals surface area contributed by atoms with Gasteiger partial charge in [0.1, 0.15) is 0 Å². The van der Waals surface area contributed by atoms with Crippen LogP contribution >= 0.6 is 0 Å². The van der Waals surface area contributed by atoms with Gasteiger partial charge in [-0.2, -0.15) is 0 Å². The fourth-order valence-electron chi connectivity index (χ4n) is 2.05. The van der Waals surface area contributed by atoms with Crippen LogP contribution in [0.5, 0.6) is 0 Å². The molecule has 0 radical (unpaired) electrons. The molecule has 2 heteroatoms. The monoisotopic (exact) mass is 219 g/mol. The zero-order valence-corrected chi connectivity index (χ0v) is 10.4. The van der Waals surface area contributed by atoms with Crippen LogP contribution in [0.2, 0.25) is 0 Å². The normalized spacial score (nSPS) is 12.4. The molecule has 88 valence electrons. The molecule has 0 aromatic heterocycles. The standard InChI is InChI=1S/C14H21NO/c1-4-6-11(5-2)14(16)13-8-7-12(15)9-10(13)3/h7-9,11H,4-6,15H2,1-3H3. The number of hydrogen-bond donors (Lipinski definition) is 1. The Morgan fingerprint density at radius 3 is 2.56 bits per heavy atom. The summed E-state index contributed by atoms with van der Waals surface area (Å²) in [6.45, 7) is 6.14. The molecule has 0 spiro atoms. The summed E-state index contributed by atoms with van der Waals surface area (Å²) in [7, 11) is 0. The lowest BCUT2D eigenvalue weighted by Gasteiger charge is -2.14. The topological polar surface area (TPSA) is 43.1 Å². The highest BCUT2D eigenvalue weighted by Crippen LogP contribution is 2.21. The van der Waals surface area contributed by atoms with E-state index in [-0.39, 0.29) is 11.7 Å². The Labute approximate surface area is 97.9 Å². The molecule has 0 amide bonds. The molecule has 1 rings (SSSR count). The van der Waals surface area contributed by atoms with Gasteiger partial charge in [0.05, 0.1) is 0 Å². The number of anilines is 1. The van der Waals surface area contributed by atoms with Crippen LogP contribution in [0.15, 0.2) is 18.2 Å². The van der Waals surface area contributed by atoms with Gasteiger partial charge >= 0.3 is 0 Å². The van der Waals surface area contributed by atoms with Gasteiger partial charge in [-0.1, -0.05) is 20.3 Å². The maximum atomic E-state index is 12.3. The van der Waals surface area contributed by atoms with Gasteiger partial charge in [-0.3, -0.25) is 4.79 Å². The van der Waals surface area contributed by atoms with Crippen molar-refractivity contribution < 1.29 is 4.79 Å². The third kappa shape index (κ3) is 2.84. The van der Waals surface area contributed by atoms with Gasteiger partial charge < -0.3 is 5.73 Å². The highest BCUT2D eigenvalue weighted by Gasteiger charge is 2.18. The van der Waals surface area contributed by atoms with Crippen LogP contribution < -0.4 is 5.73 Å². The molecule has 0 fully saturated rings. The van der Waals surface area contributed by atoms with Crippen LogP contribution in [0.25, 0.3) is 0 Å². The Bertz CT molecular complexity index is 371. The first-order chi connectivity index (χ1) is 7.60. The van der Waals surface area contributed by atoms with E-state index in [9.17, 15) is 4.79 Å². The number of carbonyl (C=O) groups is 1. The summed E-state index contributed by atoms with van der Waals surface area (Å²) in [6, 6.07) is 5.52. The van der Waals surface area contributed by atoms with Gasteiger partial charge in [-0.15, -0.1) is 0 Å². The highest BCUT2D eigenvalue weighted by molar-refractivity contribution is 5.99. The van der Waals surface area contributed by atoms with Gasteiger partial charge in [0.15, 0.2) is 5.78 Å². The van der Waals surface area contributed by atoms with E-state index >= 15 is 0 Å². The van der Waals surface area contributed by atoms with E-state index in [1.807, 2.05) is 19.1 Å². The van der Waals surface area contributed by atoms with Crippen molar-refractivity contribution in [2.24, 2.45) is 5.92 Å². The Morgan fingerprint density at radius 1 is 1.38 bits per heavy atom. The van der Waals surface area contributed by atoms with Crippen molar-refractivity contribution in [1.82, 2.24) is 0 Å². The number of carbonyl (C=O) groups excluding carboxylic acids is 1. The molecule has 1 unspecified atom stereocenters. The van der Waals surface area contributed by atoms with Crippen LogP contribution in [0.3, 0.4) is 0 Å². The van der Waals surface area contributed by atoms with Crippen LogP contribution in [-0.4, -0.2) is 5.78 Å². The number of rotatable bonds is 5. The number of nitrogens with two attached hydrogens (primary N) is 1. The number of Topliss-reactive ketones (excluding diaryl/α,β-unsaturated/α-hetero) is 1. The third-order valence-corrected chi connectivity index (χ3v) is 3.02. The van der Waals surface area contributed by atoms with E-state index < -0.39 is 0 Å². The predicted molar refractivity (Wildman–Crippen MR) is 68.6 cm³/mol. The van der Waals surface area contributed by atoms with Gasteiger partial charge in [0, 0.05) is 17.2 Å². The Balaban J connectivity index is 2.94. The second-order valence-corrected chi connectivity index (χ2v) is 4.33. The fourth-order valence-corrected chi connectivity index (χ4v) is 2.05. The minimum atomic E-state index is 0.160. The van der Waals surface area contributed by atoms with Crippen molar-refractivity contribution in [1.29, 1.82) is 0 Å². The van der Waals surface area contributed by atoms with Gasteiger partial charge in [-0.05, 0) is 43.5 Å². The molecule has 2 nitrogen and oxygen atoms in total. The van der Waals surface area contributed by atoms with E-state index in [0.29, 0.717) is 0 Å². The lowest BCUT2D eigenvalue weighted by Crippen LogP contribution is -2.15.